The second kappa shape index (κ2) is 14.0. The van der Waals surface area contributed by atoms with Gasteiger partial charge in [0.25, 0.3) is 0 Å². The summed E-state index contributed by atoms with van der Waals surface area (Å²) in [5.41, 5.74) is 11.8. The molecule has 0 bridgehead atoms. The van der Waals surface area contributed by atoms with Crippen LogP contribution in [0.15, 0.2) is 182 Å². The number of hydrogen-bond donors (Lipinski definition) is 0. The highest BCUT2D eigenvalue weighted by atomic mass is 127. The Kier molecular flexibility index (Phi) is 8.33. The van der Waals surface area contributed by atoms with Gasteiger partial charge in [0.05, 0.1) is 27.9 Å². The van der Waals surface area contributed by atoms with Crippen molar-refractivity contribution in [2.45, 2.75) is 0 Å². The van der Waals surface area contributed by atoms with Gasteiger partial charge in [0.1, 0.15) is 4.61 Å². The molecule has 0 unspecified atom stereocenters. The van der Waals surface area contributed by atoms with Gasteiger partial charge in [-0.15, -0.1) is 11.3 Å². The first-order valence-corrected chi connectivity index (χ1v) is 21.3. The number of alkyl halides is 1. The molecule has 0 spiro atoms. The lowest BCUT2D eigenvalue weighted by molar-refractivity contribution is 0.408. The van der Waals surface area contributed by atoms with Gasteiger partial charge in [-0.3, -0.25) is 0 Å². The van der Waals surface area contributed by atoms with Gasteiger partial charge < -0.3 is 9.30 Å². The van der Waals surface area contributed by atoms with Crippen LogP contribution >= 0.6 is 33.9 Å². The van der Waals surface area contributed by atoms with E-state index in [1.807, 2.05) is 23.5 Å². The van der Waals surface area contributed by atoms with Gasteiger partial charge in [0.2, 0.25) is 0 Å². The summed E-state index contributed by atoms with van der Waals surface area (Å²) in [6.07, 6.45) is 0. The Labute approximate surface area is 346 Å². The molecule has 0 amide bonds. The molecule has 0 N–H and O–H groups in total. The van der Waals surface area contributed by atoms with Crippen molar-refractivity contribution in [1.29, 1.82) is 0 Å². The second-order valence-corrected chi connectivity index (χ2v) is 15.8. The first-order valence-electron chi connectivity index (χ1n) is 18.9. The molecular weight excluding hydrogens is 830 g/mol. The topological polar surface area (TPSA) is 39.9 Å². The van der Waals surface area contributed by atoms with E-state index in [-0.39, 0.29) is 0 Å². The van der Waals surface area contributed by atoms with E-state index in [1.54, 1.807) is 0 Å². The summed E-state index contributed by atoms with van der Waals surface area (Å²) in [7, 11) is 0. The molecule has 0 fully saturated rings. The van der Waals surface area contributed by atoms with Gasteiger partial charge in [-0.05, 0) is 75.7 Å². The third-order valence-corrected chi connectivity index (χ3v) is 12.4. The molecule has 11 rings (SSSR count). The molecule has 0 radical (unpaired) electrons. The molecule has 0 aliphatic rings. The van der Waals surface area contributed by atoms with Gasteiger partial charge in [0, 0.05) is 53.0 Å². The Morgan fingerprint density at radius 3 is 1.86 bits per heavy atom. The Bertz CT molecular complexity index is 3260. The molecule has 3 aromatic heterocycles. The van der Waals surface area contributed by atoms with Gasteiger partial charge >= 0.3 is 0 Å². The van der Waals surface area contributed by atoms with Crippen molar-refractivity contribution in [3.05, 3.63) is 182 Å². The first-order chi connectivity index (χ1) is 28.2. The first kappa shape index (κ1) is 33.9. The van der Waals surface area contributed by atoms with E-state index in [2.05, 4.69) is 197 Å². The standard InChI is InChI=1S/C51H32IN3OS/c52-31-56-49-45(55-43-22-9-5-17-37(43)38-18-6-10-23-44(38)55)30-41(50-47(49)40-20-7-11-24-46(40)57-50)35-15-12-16-36(29-35)51-53-42-21-8-4-19-39(42)48(54-51)34-27-25-33(26-28-34)32-13-2-1-3-14-32/h1-30H,31H2. The van der Waals surface area contributed by atoms with Crippen LogP contribution in [-0.2, 0) is 0 Å². The summed E-state index contributed by atoms with van der Waals surface area (Å²) >= 11 is 4.14. The number of nitrogens with zero attached hydrogens (tertiary/aromatic N) is 3. The SMILES string of the molecule is ICOc1c(-n2c3ccccc3c3ccccc32)cc(-c2cccc(-c3nc(-c4ccc(-c5ccccc5)cc4)c4ccccc4n3)c2)c2sc3ccccc3c12. The van der Waals surface area contributed by atoms with Crippen molar-refractivity contribution in [2.75, 3.05) is 4.61 Å². The van der Waals surface area contributed by atoms with Crippen LogP contribution < -0.4 is 4.74 Å². The molecule has 6 heteroatoms. The highest BCUT2D eigenvalue weighted by Gasteiger charge is 2.24. The minimum absolute atomic E-state index is 0.520. The fourth-order valence-corrected chi connectivity index (χ4v) is 9.87. The minimum atomic E-state index is 0.520. The predicted octanol–water partition coefficient (Wildman–Crippen LogP) is 14.5. The molecule has 0 saturated heterocycles. The smallest absolute Gasteiger partial charge is 0.160 e. The van der Waals surface area contributed by atoms with Crippen LogP contribution in [0, 0.1) is 0 Å². The number of fused-ring (bicyclic) bond motifs is 7. The predicted molar refractivity (Wildman–Crippen MR) is 248 cm³/mol. The number of halogens is 1. The van der Waals surface area contributed by atoms with E-state index >= 15 is 0 Å². The largest absolute Gasteiger partial charge is 0.480 e. The van der Waals surface area contributed by atoms with Crippen LogP contribution in [0.3, 0.4) is 0 Å². The molecule has 0 atom stereocenters. The number of hydrogen-bond acceptors (Lipinski definition) is 4. The van der Waals surface area contributed by atoms with Crippen LogP contribution in [-0.4, -0.2) is 19.1 Å². The molecule has 11 aromatic rings. The van der Waals surface area contributed by atoms with Crippen molar-refractivity contribution in [3.63, 3.8) is 0 Å². The van der Waals surface area contributed by atoms with Gasteiger partial charge in [-0.1, -0.05) is 146 Å². The maximum Gasteiger partial charge on any atom is 0.160 e. The quantitative estimate of drug-likeness (QED) is 0.118. The van der Waals surface area contributed by atoms with E-state index < -0.39 is 0 Å². The van der Waals surface area contributed by atoms with E-state index in [0.717, 1.165) is 66.7 Å². The lowest BCUT2D eigenvalue weighted by Gasteiger charge is -2.18. The lowest BCUT2D eigenvalue weighted by Crippen LogP contribution is -2.01. The molecule has 3 heterocycles. The zero-order valence-corrected chi connectivity index (χ0v) is 33.5. The fraction of sp³-hybridized carbons (Fsp3) is 0.0196. The van der Waals surface area contributed by atoms with Crippen LogP contribution in [0.25, 0.3) is 103 Å². The average Bonchev–Trinajstić information content (AvgIpc) is 3.83. The summed E-state index contributed by atoms with van der Waals surface area (Å²) in [6.45, 7) is 0. The Balaban J connectivity index is 1.13. The summed E-state index contributed by atoms with van der Waals surface area (Å²) in [5, 5.41) is 5.78. The maximum atomic E-state index is 6.70. The van der Waals surface area contributed by atoms with Crippen LogP contribution in [0.4, 0.5) is 0 Å². The molecule has 8 aromatic carbocycles. The zero-order chi connectivity index (χ0) is 37.9. The summed E-state index contributed by atoms with van der Waals surface area (Å²) in [4.78, 5) is 10.5. The van der Waals surface area contributed by atoms with E-state index in [9.17, 15) is 0 Å². The molecule has 0 saturated carbocycles. The monoisotopic (exact) mass is 861 g/mol. The number of aromatic nitrogens is 3. The number of rotatable bonds is 7. The molecule has 0 aliphatic heterocycles. The summed E-state index contributed by atoms with van der Waals surface area (Å²) in [6, 6.07) is 64.5. The van der Waals surface area contributed by atoms with Crippen molar-refractivity contribution in [2.24, 2.45) is 0 Å². The number of thiophene rings is 1. The Morgan fingerprint density at radius 1 is 0.509 bits per heavy atom. The van der Waals surface area contributed by atoms with E-state index in [0.29, 0.717) is 10.4 Å². The van der Waals surface area contributed by atoms with Gasteiger partial charge in [-0.25, -0.2) is 9.97 Å². The number of para-hydroxylation sites is 3. The maximum absolute atomic E-state index is 6.70. The fourth-order valence-electron chi connectivity index (χ4n) is 8.32. The van der Waals surface area contributed by atoms with Crippen molar-refractivity contribution in [1.82, 2.24) is 14.5 Å². The normalized spacial score (nSPS) is 11.7. The van der Waals surface area contributed by atoms with Crippen molar-refractivity contribution < 1.29 is 4.74 Å². The second-order valence-electron chi connectivity index (χ2n) is 14.1. The van der Waals surface area contributed by atoms with Crippen molar-refractivity contribution in [3.8, 4) is 56.3 Å². The lowest BCUT2D eigenvalue weighted by atomic mass is 9.98. The van der Waals surface area contributed by atoms with Crippen LogP contribution in [0.2, 0.25) is 0 Å². The van der Waals surface area contributed by atoms with Gasteiger partial charge in [-0.2, -0.15) is 0 Å². The Morgan fingerprint density at radius 2 is 1.11 bits per heavy atom. The molecule has 57 heavy (non-hydrogen) atoms. The highest BCUT2D eigenvalue weighted by molar-refractivity contribution is 14.1. The molecule has 270 valence electrons. The number of benzene rings is 8. The highest BCUT2D eigenvalue weighted by Crippen LogP contribution is 2.49. The van der Waals surface area contributed by atoms with Crippen LogP contribution in [0.1, 0.15) is 0 Å². The van der Waals surface area contributed by atoms with E-state index in [4.69, 9.17) is 14.7 Å². The number of ether oxygens (including phenoxy) is 1. The molecule has 4 nitrogen and oxygen atoms in total. The van der Waals surface area contributed by atoms with Gasteiger partial charge in [0.15, 0.2) is 11.6 Å². The van der Waals surface area contributed by atoms with Crippen molar-refractivity contribution >= 4 is 86.8 Å². The van der Waals surface area contributed by atoms with Crippen LogP contribution in [0.5, 0.6) is 5.75 Å². The molecule has 0 aliphatic carbocycles. The summed E-state index contributed by atoms with van der Waals surface area (Å²) < 4.78 is 12.0. The third-order valence-electron chi connectivity index (χ3n) is 10.9. The zero-order valence-electron chi connectivity index (χ0n) is 30.6. The minimum Gasteiger partial charge on any atom is -0.480 e. The molecular formula is C51H32IN3OS. The Hall–Kier alpha value is -6.35. The summed E-state index contributed by atoms with van der Waals surface area (Å²) in [5.74, 6) is 1.59. The third kappa shape index (κ3) is 5.70. The average molecular weight is 862 g/mol. The van der Waals surface area contributed by atoms with E-state index in [1.165, 1.54) is 36.7 Å².